The predicted molar refractivity (Wildman–Crippen MR) is 98.1 cm³/mol. The average molecular weight is 312 g/mol. The Bertz CT molecular complexity index is 565. The summed E-state index contributed by atoms with van der Waals surface area (Å²) in [6, 6.07) is 0. The molecule has 0 radical (unpaired) electrons. The summed E-state index contributed by atoms with van der Waals surface area (Å²) in [5.74, 6) is 1.41. The summed E-state index contributed by atoms with van der Waals surface area (Å²) in [6.45, 7) is 13.1. The molecule has 1 heteroatoms. The van der Waals surface area contributed by atoms with E-state index in [2.05, 4.69) is 39.2 Å². The van der Waals surface area contributed by atoms with Gasteiger partial charge >= 0.3 is 0 Å². The van der Waals surface area contributed by atoms with E-state index < -0.39 is 0 Å². The number of allylic oxidation sites excluding steroid dienone is 4. The lowest BCUT2D eigenvalue weighted by molar-refractivity contribution is 0.156. The topological polar surface area (TPSA) is 20.2 Å². The van der Waals surface area contributed by atoms with Gasteiger partial charge in [-0.15, -0.1) is 0 Å². The van der Waals surface area contributed by atoms with Crippen molar-refractivity contribution in [1.29, 1.82) is 0 Å². The normalized spacial score (nSPS) is 41.3. The molecule has 1 N–H and O–H groups in total. The highest BCUT2D eigenvalue weighted by molar-refractivity contribution is 5.38. The Morgan fingerprint density at radius 1 is 1.17 bits per heavy atom. The Morgan fingerprint density at radius 2 is 1.96 bits per heavy atom. The van der Waals surface area contributed by atoms with Crippen LogP contribution in [0.3, 0.4) is 0 Å². The second-order valence-corrected chi connectivity index (χ2v) is 8.25. The van der Waals surface area contributed by atoms with E-state index >= 15 is 0 Å². The van der Waals surface area contributed by atoms with Gasteiger partial charge in [0, 0.05) is 0 Å². The van der Waals surface area contributed by atoms with Crippen LogP contribution in [-0.4, -0.2) is 11.2 Å². The van der Waals surface area contributed by atoms with Crippen molar-refractivity contribution in [3.63, 3.8) is 0 Å². The molecule has 0 bridgehead atoms. The van der Waals surface area contributed by atoms with Gasteiger partial charge in [-0.3, -0.25) is 0 Å². The zero-order valence-corrected chi connectivity index (χ0v) is 14.9. The summed E-state index contributed by atoms with van der Waals surface area (Å²) < 4.78 is 0. The van der Waals surface area contributed by atoms with Crippen molar-refractivity contribution < 1.29 is 5.11 Å². The molecule has 126 valence electrons. The zero-order valence-electron chi connectivity index (χ0n) is 14.9. The molecular weight excluding hydrogens is 280 g/mol. The van der Waals surface area contributed by atoms with Crippen LogP contribution in [0.2, 0.25) is 0 Å². The fourth-order valence-electron chi connectivity index (χ4n) is 5.48. The third-order valence-electron chi connectivity index (χ3n) is 6.80. The number of hydrogen-bond acceptors (Lipinski definition) is 1. The fourth-order valence-corrected chi connectivity index (χ4v) is 5.48. The summed E-state index contributed by atoms with van der Waals surface area (Å²) >= 11 is 0. The smallest absolute Gasteiger partial charge is 0.0787 e. The van der Waals surface area contributed by atoms with Crippen LogP contribution in [0.15, 0.2) is 47.6 Å². The fraction of sp³-hybridized carbons (Fsp3) is 0.636. The molecule has 0 aliphatic heterocycles. The van der Waals surface area contributed by atoms with Gasteiger partial charge in [-0.25, -0.2) is 0 Å². The second kappa shape index (κ2) is 6.43. The van der Waals surface area contributed by atoms with Crippen molar-refractivity contribution in [1.82, 2.24) is 0 Å². The molecule has 3 fully saturated rings. The van der Waals surface area contributed by atoms with E-state index in [1.807, 2.05) is 0 Å². The van der Waals surface area contributed by atoms with Crippen LogP contribution in [0.1, 0.15) is 65.2 Å². The first-order valence-corrected chi connectivity index (χ1v) is 9.35. The first-order chi connectivity index (χ1) is 10.9. The molecule has 0 saturated heterocycles. The molecule has 3 saturated carbocycles. The molecular formula is C22H32O. The minimum atomic E-state index is -0.329. The second-order valence-electron chi connectivity index (χ2n) is 8.25. The molecule has 3 rings (SSSR count). The number of fused-ring (bicyclic) bond motifs is 1. The minimum Gasteiger partial charge on any atom is -0.388 e. The van der Waals surface area contributed by atoms with E-state index in [1.165, 1.54) is 43.3 Å². The number of rotatable bonds is 2. The van der Waals surface area contributed by atoms with Crippen LogP contribution in [0, 0.1) is 17.3 Å². The van der Waals surface area contributed by atoms with Crippen LogP contribution < -0.4 is 0 Å². The van der Waals surface area contributed by atoms with Crippen LogP contribution in [-0.2, 0) is 0 Å². The van der Waals surface area contributed by atoms with Crippen molar-refractivity contribution in [2.24, 2.45) is 17.3 Å². The lowest BCUT2D eigenvalue weighted by Crippen LogP contribution is -2.33. The first-order valence-electron chi connectivity index (χ1n) is 9.35. The SMILES string of the molecule is C=C1/C(=C\C=C2/CCCC3(C)C(C(=C)C)CCC23)CCCC1O. The molecule has 0 amide bonds. The number of hydrogen-bond donors (Lipinski definition) is 1. The quantitative estimate of drug-likeness (QED) is 0.645. The van der Waals surface area contributed by atoms with Gasteiger partial charge in [-0.05, 0) is 86.7 Å². The highest BCUT2D eigenvalue weighted by Crippen LogP contribution is 2.59. The summed E-state index contributed by atoms with van der Waals surface area (Å²) in [5, 5.41) is 10.0. The van der Waals surface area contributed by atoms with Gasteiger partial charge in [0.25, 0.3) is 0 Å². The van der Waals surface area contributed by atoms with Gasteiger partial charge in [-0.2, -0.15) is 0 Å². The average Bonchev–Trinajstić information content (AvgIpc) is 2.86. The Labute approximate surface area is 141 Å². The van der Waals surface area contributed by atoms with Gasteiger partial charge < -0.3 is 5.11 Å². The van der Waals surface area contributed by atoms with Crippen LogP contribution in [0.25, 0.3) is 0 Å². The van der Waals surface area contributed by atoms with E-state index in [0.717, 1.165) is 30.8 Å². The monoisotopic (exact) mass is 312 g/mol. The molecule has 3 aliphatic carbocycles. The maximum absolute atomic E-state index is 10.0. The van der Waals surface area contributed by atoms with E-state index in [4.69, 9.17) is 0 Å². The molecule has 0 aromatic rings. The number of aliphatic hydroxyl groups is 1. The largest absolute Gasteiger partial charge is 0.388 e. The third kappa shape index (κ3) is 3.01. The van der Waals surface area contributed by atoms with Gasteiger partial charge in [0.2, 0.25) is 0 Å². The van der Waals surface area contributed by atoms with Crippen LogP contribution >= 0.6 is 0 Å². The van der Waals surface area contributed by atoms with Crippen LogP contribution in [0.5, 0.6) is 0 Å². The highest BCUT2D eigenvalue weighted by Gasteiger charge is 2.49. The minimum absolute atomic E-state index is 0.329. The molecule has 3 aliphatic rings. The zero-order chi connectivity index (χ0) is 16.6. The standard InChI is InChI=1S/C22H32O/c1-15(2)19-12-13-20-18(8-6-14-22(19,20)4)11-10-17-7-5-9-21(23)16(17)3/h10-11,19-21,23H,1,3,5-9,12-14H2,2,4H3/b17-10-,18-11+. The predicted octanol–water partition coefficient (Wildman–Crippen LogP) is 5.73. The first kappa shape index (κ1) is 16.8. The van der Waals surface area contributed by atoms with Crippen molar-refractivity contribution in [2.75, 3.05) is 0 Å². The molecule has 0 aromatic carbocycles. The Kier molecular flexibility index (Phi) is 4.69. The maximum Gasteiger partial charge on any atom is 0.0787 e. The molecule has 0 spiro atoms. The number of aliphatic hydroxyl groups excluding tert-OH is 1. The van der Waals surface area contributed by atoms with E-state index in [0.29, 0.717) is 11.3 Å². The van der Waals surface area contributed by atoms with Gasteiger partial charge in [0.15, 0.2) is 0 Å². The van der Waals surface area contributed by atoms with E-state index in [1.54, 1.807) is 5.57 Å². The molecule has 4 atom stereocenters. The molecule has 0 heterocycles. The van der Waals surface area contributed by atoms with Gasteiger partial charge in [0.05, 0.1) is 6.10 Å². The van der Waals surface area contributed by atoms with Gasteiger partial charge in [0.1, 0.15) is 0 Å². The van der Waals surface area contributed by atoms with Crippen molar-refractivity contribution in [2.45, 2.75) is 71.3 Å². The van der Waals surface area contributed by atoms with Crippen molar-refractivity contribution in [3.05, 3.63) is 47.6 Å². The van der Waals surface area contributed by atoms with E-state index in [9.17, 15) is 5.11 Å². The molecule has 1 nitrogen and oxygen atoms in total. The molecule has 23 heavy (non-hydrogen) atoms. The Balaban J connectivity index is 1.83. The summed E-state index contributed by atoms with van der Waals surface area (Å²) in [4.78, 5) is 0. The summed E-state index contributed by atoms with van der Waals surface area (Å²) in [6.07, 6.45) is 13.8. The van der Waals surface area contributed by atoms with Crippen molar-refractivity contribution in [3.8, 4) is 0 Å². The van der Waals surface area contributed by atoms with Gasteiger partial charge in [-0.1, -0.05) is 43.4 Å². The van der Waals surface area contributed by atoms with Crippen LogP contribution in [0.4, 0.5) is 0 Å². The molecule has 4 unspecified atom stereocenters. The summed E-state index contributed by atoms with van der Waals surface area (Å²) in [7, 11) is 0. The lowest BCUT2D eigenvalue weighted by Gasteiger charge is -2.42. The maximum atomic E-state index is 10.0. The van der Waals surface area contributed by atoms with E-state index in [-0.39, 0.29) is 6.10 Å². The Hall–Kier alpha value is -1.08. The third-order valence-corrected chi connectivity index (χ3v) is 6.80. The lowest BCUT2D eigenvalue weighted by atomic mass is 9.62. The Morgan fingerprint density at radius 3 is 2.70 bits per heavy atom. The molecule has 0 aromatic heterocycles. The summed E-state index contributed by atoms with van der Waals surface area (Å²) in [5.41, 5.74) is 5.62. The van der Waals surface area contributed by atoms with Crippen molar-refractivity contribution >= 4 is 0 Å². The highest BCUT2D eigenvalue weighted by atomic mass is 16.3.